The van der Waals surface area contributed by atoms with Crippen LogP contribution in [0, 0.1) is 12.7 Å². The van der Waals surface area contributed by atoms with E-state index in [9.17, 15) is 9.18 Å². The average molecular weight is 261 g/mol. The van der Waals surface area contributed by atoms with Crippen LogP contribution in [0.25, 0.3) is 11.4 Å². The number of hydrogen-bond donors (Lipinski definition) is 2. The van der Waals surface area contributed by atoms with Gasteiger partial charge in [-0.2, -0.15) is 0 Å². The highest BCUT2D eigenvalue weighted by Gasteiger charge is 2.14. The van der Waals surface area contributed by atoms with E-state index in [0.717, 1.165) is 5.56 Å². The molecule has 1 aromatic heterocycles. The summed E-state index contributed by atoms with van der Waals surface area (Å²) in [5.41, 5.74) is 7.36. The number of aromatic nitrogens is 2. The van der Waals surface area contributed by atoms with Gasteiger partial charge in [0.05, 0.1) is 5.56 Å². The Labute approximate surface area is 110 Å². The highest BCUT2D eigenvalue weighted by atomic mass is 19.1. The Morgan fingerprint density at radius 2 is 2.05 bits per heavy atom. The van der Waals surface area contributed by atoms with E-state index in [0.29, 0.717) is 17.0 Å². The monoisotopic (exact) mass is 261 g/mol. The minimum absolute atomic E-state index is 0.0149. The quantitative estimate of drug-likeness (QED) is 0.872. The first-order valence-electron chi connectivity index (χ1n) is 6.06. The lowest BCUT2D eigenvalue weighted by Gasteiger charge is -2.10. The number of nitrogens with two attached hydrogens (primary N) is 1. The van der Waals surface area contributed by atoms with Gasteiger partial charge in [0.25, 0.3) is 5.56 Å². The molecular formula is C14H16FN3O. The van der Waals surface area contributed by atoms with Gasteiger partial charge in [0.15, 0.2) is 0 Å². The van der Waals surface area contributed by atoms with Crippen LogP contribution in [0.15, 0.2) is 23.0 Å². The van der Waals surface area contributed by atoms with E-state index in [1.807, 2.05) is 20.8 Å². The summed E-state index contributed by atoms with van der Waals surface area (Å²) in [6.07, 6.45) is 0. The second kappa shape index (κ2) is 4.84. The van der Waals surface area contributed by atoms with Gasteiger partial charge in [-0.1, -0.05) is 19.9 Å². The van der Waals surface area contributed by atoms with Crippen molar-refractivity contribution >= 4 is 5.82 Å². The number of benzene rings is 1. The van der Waals surface area contributed by atoms with Crippen LogP contribution in [0.2, 0.25) is 0 Å². The third-order valence-corrected chi connectivity index (χ3v) is 3.02. The molecule has 1 aromatic carbocycles. The van der Waals surface area contributed by atoms with Crippen molar-refractivity contribution in [1.29, 1.82) is 0 Å². The number of rotatable bonds is 2. The normalized spacial score (nSPS) is 11.0. The van der Waals surface area contributed by atoms with E-state index in [1.165, 1.54) is 12.1 Å². The number of aryl methyl sites for hydroxylation is 1. The van der Waals surface area contributed by atoms with Crippen molar-refractivity contribution in [2.45, 2.75) is 26.7 Å². The fourth-order valence-electron chi connectivity index (χ4n) is 2.03. The Morgan fingerprint density at radius 1 is 1.37 bits per heavy atom. The second-order valence-corrected chi connectivity index (χ2v) is 4.83. The first-order valence-corrected chi connectivity index (χ1v) is 6.06. The van der Waals surface area contributed by atoms with Crippen molar-refractivity contribution in [1.82, 2.24) is 9.97 Å². The minimum atomic E-state index is -0.380. The highest BCUT2D eigenvalue weighted by Crippen LogP contribution is 2.23. The Morgan fingerprint density at radius 3 is 2.63 bits per heavy atom. The van der Waals surface area contributed by atoms with Crippen molar-refractivity contribution in [2.24, 2.45) is 0 Å². The summed E-state index contributed by atoms with van der Waals surface area (Å²) >= 11 is 0. The SMILES string of the molecule is Cc1ccc(F)cc1-c1nc(N)c(C(C)C)c(=O)[nH]1. The number of hydrogen-bond acceptors (Lipinski definition) is 3. The number of nitrogen functional groups attached to an aromatic ring is 1. The van der Waals surface area contributed by atoms with Crippen molar-refractivity contribution < 1.29 is 4.39 Å². The zero-order chi connectivity index (χ0) is 14.2. The van der Waals surface area contributed by atoms with Crippen LogP contribution in [0.1, 0.15) is 30.9 Å². The summed E-state index contributed by atoms with van der Waals surface area (Å²) in [5, 5.41) is 0. The minimum Gasteiger partial charge on any atom is -0.383 e. The molecule has 1 heterocycles. The first-order chi connectivity index (χ1) is 8.90. The molecule has 19 heavy (non-hydrogen) atoms. The molecular weight excluding hydrogens is 245 g/mol. The van der Waals surface area contributed by atoms with Crippen molar-refractivity contribution in [3.05, 3.63) is 45.5 Å². The van der Waals surface area contributed by atoms with Gasteiger partial charge in [0, 0.05) is 5.56 Å². The van der Waals surface area contributed by atoms with Crippen LogP contribution in [0.5, 0.6) is 0 Å². The van der Waals surface area contributed by atoms with Crippen LogP contribution >= 0.6 is 0 Å². The third kappa shape index (κ3) is 2.50. The summed E-state index contributed by atoms with van der Waals surface area (Å²) in [7, 11) is 0. The number of nitrogens with zero attached hydrogens (tertiary/aromatic N) is 1. The van der Waals surface area contributed by atoms with Crippen molar-refractivity contribution in [2.75, 3.05) is 5.73 Å². The maximum Gasteiger partial charge on any atom is 0.256 e. The average Bonchev–Trinajstić information content (AvgIpc) is 2.30. The van der Waals surface area contributed by atoms with Crippen molar-refractivity contribution in [3.8, 4) is 11.4 Å². The summed E-state index contributed by atoms with van der Waals surface area (Å²) < 4.78 is 13.3. The number of anilines is 1. The number of nitrogens with one attached hydrogen (secondary N) is 1. The predicted molar refractivity (Wildman–Crippen MR) is 73.5 cm³/mol. The maximum atomic E-state index is 13.3. The molecule has 0 aliphatic heterocycles. The van der Waals surface area contributed by atoms with E-state index in [1.54, 1.807) is 6.07 Å². The van der Waals surface area contributed by atoms with Gasteiger partial charge < -0.3 is 10.7 Å². The third-order valence-electron chi connectivity index (χ3n) is 3.02. The van der Waals surface area contributed by atoms with Gasteiger partial charge in [-0.05, 0) is 30.5 Å². The summed E-state index contributed by atoms with van der Waals surface area (Å²) in [5.74, 6) is 0.0926. The molecule has 0 fully saturated rings. The van der Waals surface area contributed by atoms with Gasteiger partial charge >= 0.3 is 0 Å². The van der Waals surface area contributed by atoms with E-state index in [-0.39, 0.29) is 23.1 Å². The number of aromatic amines is 1. The molecule has 0 saturated heterocycles. The van der Waals surface area contributed by atoms with E-state index < -0.39 is 0 Å². The molecule has 2 rings (SSSR count). The lowest BCUT2D eigenvalue weighted by Crippen LogP contribution is -2.19. The smallest absolute Gasteiger partial charge is 0.256 e. The second-order valence-electron chi connectivity index (χ2n) is 4.83. The fraction of sp³-hybridized carbons (Fsp3) is 0.286. The molecule has 0 amide bonds. The molecule has 0 saturated carbocycles. The maximum absolute atomic E-state index is 13.3. The molecule has 100 valence electrons. The Kier molecular flexibility index (Phi) is 3.38. The van der Waals surface area contributed by atoms with Gasteiger partial charge in [-0.15, -0.1) is 0 Å². The molecule has 0 unspecified atom stereocenters. The molecule has 0 radical (unpaired) electrons. The summed E-state index contributed by atoms with van der Waals surface area (Å²) in [4.78, 5) is 18.9. The Balaban J connectivity index is 2.65. The number of H-pyrrole nitrogens is 1. The van der Waals surface area contributed by atoms with Gasteiger partial charge in [-0.25, -0.2) is 9.37 Å². The summed E-state index contributed by atoms with van der Waals surface area (Å²) in [6, 6.07) is 4.34. The predicted octanol–water partition coefficient (Wildman–Crippen LogP) is 2.59. The molecule has 0 atom stereocenters. The molecule has 4 nitrogen and oxygen atoms in total. The number of halogens is 1. The Bertz CT molecular complexity index is 677. The van der Waals surface area contributed by atoms with Gasteiger partial charge in [-0.3, -0.25) is 4.79 Å². The van der Waals surface area contributed by atoms with Crippen LogP contribution in [0.4, 0.5) is 10.2 Å². The molecule has 3 N–H and O–H groups in total. The molecule has 0 bridgehead atoms. The van der Waals surface area contributed by atoms with Crippen LogP contribution in [-0.4, -0.2) is 9.97 Å². The lowest BCUT2D eigenvalue weighted by atomic mass is 10.0. The Hall–Kier alpha value is -2.17. The van der Waals surface area contributed by atoms with E-state index >= 15 is 0 Å². The van der Waals surface area contributed by atoms with Crippen LogP contribution < -0.4 is 11.3 Å². The zero-order valence-electron chi connectivity index (χ0n) is 11.1. The van der Waals surface area contributed by atoms with Crippen molar-refractivity contribution in [3.63, 3.8) is 0 Å². The standard InChI is InChI=1S/C14H16FN3O/c1-7(2)11-12(16)17-13(18-14(11)19)10-6-9(15)5-4-8(10)3/h4-7H,1-3H3,(H3,16,17,18,19). The highest BCUT2D eigenvalue weighted by molar-refractivity contribution is 5.61. The topological polar surface area (TPSA) is 71.8 Å². The first kappa shape index (κ1) is 13.3. The zero-order valence-corrected chi connectivity index (χ0v) is 11.1. The molecule has 5 heteroatoms. The molecule has 0 aliphatic rings. The van der Waals surface area contributed by atoms with E-state index in [2.05, 4.69) is 9.97 Å². The van der Waals surface area contributed by atoms with Crippen LogP contribution in [-0.2, 0) is 0 Å². The molecule has 0 spiro atoms. The van der Waals surface area contributed by atoms with Gasteiger partial charge in [0.1, 0.15) is 17.5 Å². The largest absolute Gasteiger partial charge is 0.383 e. The molecule has 2 aromatic rings. The van der Waals surface area contributed by atoms with E-state index in [4.69, 9.17) is 5.73 Å². The fourth-order valence-corrected chi connectivity index (χ4v) is 2.03. The van der Waals surface area contributed by atoms with Gasteiger partial charge in [0.2, 0.25) is 0 Å². The lowest BCUT2D eigenvalue weighted by molar-refractivity contribution is 0.627. The molecule has 0 aliphatic carbocycles. The van der Waals surface area contributed by atoms with Crippen LogP contribution in [0.3, 0.4) is 0 Å². The summed E-state index contributed by atoms with van der Waals surface area (Å²) in [6.45, 7) is 5.56.